The fourth-order valence-corrected chi connectivity index (χ4v) is 3.70. The van der Waals surface area contributed by atoms with Gasteiger partial charge in [-0.05, 0) is 19.1 Å². The van der Waals surface area contributed by atoms with Gasteiger partial charge in [-0.15, -0.1) is 11.3 Å². The maximum atomic E-state index is 12.4. The normalized spacial score (nSPS) is 13.9. The van der Waals surface area contributed by atoms with Crippen LogP contribution in [0.3, 0.4) is 0 Å². The van der Waals surface area contributed by atoms with Gasteiger partial charge in [-0.25, -0.2) is 4.79 Å². The first kappa shape index (κ1) is 18.8. The molecule has 1 aliphatic heterocycles. The molecule has 0 spiro atoms. The van der Waals surface area contributed by atoms with Crippen LogP contribution in [0.25, 0.3) is 11.3 Å². The van der Waals surface area contributed by atoms with Crippen molar-refractivity contribution in [2.24, 2.45) is 0 Å². The van der Waals surface area contributed by atoms with E-state index < -0.39 is 11.9 Å². The number of hydrogen-bond donors (Lipinski definition) is 1. The maximum Gasteiger partial charge on any atom is 0.341 e. The summed E-state index contributed by atoms with van der Waals surface area (Å²) in [4.78, 5) is 49.0. The Kier molecular flexibility index (Phi) is 5.70. The second kappa shape index (κ2) is 8.17. The van der Waals surface area contributed by atoms with E-state index in [9.17, 15) is 19.2 Å². The minimum absolute atomic E-state index is 0.0225. The number of furan rings is 1. The third-order valence-electron chi connectivity index (χ3n) is 4.03. The summed E-state index contributed by atoms with van der Waals surface area (Å²) < 4.78 is 10.4. The third kappa shape index (κ3) is 4.08. The van der Waals surface area contributed by atoms with Crippen LogP contribution in [0.5, 0.6) is 0 Å². The van der Waals surface area contributed by atoms with E-state index in [1.54, 1.807) is 24.4 Å². The number of amides is 3. The molecule has 0 aromatic carbocycles. The Morgan fingerprint density at radius 1 is 1.30 bits per heavy atom. The van der Waals surface area contributed by atoms with E-state index in [1.165, 1.54) is 17.6 Å². The molecule has 1 saturated heterocycles. The van der Waals surface area contributed by atoms with Crippen LogP contribution < -0.4 is 5.32 Å². The quantitative estimate of drug-likeness (QED) is 0.575. The Morgan fingerprint density at radius 2 is 2.04 bits per heavy atom. The first-order valence-corrected chi connectivity index (χ1v) is 9.34. The molecule has 0 atom stereocenters. The molecule has 3 heterocycles. The predicted molar refractivity (Wildman–Crippen MR) is 97.2 cm³/mol. The summed E-state index contributed by atoms with van der Waals surface area (Å²) in [5, 5.41) is 4.71. The topological polar surface area (TPSA) is 106 Å². The molecule has 0 radical (unpaired) electrons. The Morgan fingerprint density at radius 3 is 2.67 bits per heavy atom. The molecular formula is C18H18N2O6S. The highest BCUT2D eigenvalue weighted by Crippen LogP contribution is 2.36. The Labute approximate surface area is 159 Å². The van der Waals surface area contributed by atoms with Crippen molar-refractivity contribution < 1.29 is 28.3 Å². The van der Waals surface area contributed by atoms with Crippen LogP contribution in [0.15, 0.2) is 28.2 Å². The average molecular weight is 390 g/mol. The molecule has 0 bridgehead atoms. The highest BCUT2D eigenvalue weighted by Gasteiger charge is 2.29. The molecule has 27 heavy (non-hydrogen) atoms. The van der Waals surface area contributed by atoms with Gasteiger partial charge >= 0.3 is 5.97 Å². The predicted octanol–water partition coefficient (Wildman–Crippen LogP) is 2.66. The third-order valence-corrected chi connectivity index (χ3v) is 4.92. The summed E-state index contributed by atoms with van der Waals surface area (Å²) in [5.41, 5.74) is 0.752. The van der Waals surface area contributed by atoms with Crippen molar-refractivity contribution in [1.82, 2.24) is 4.90 Å². The number of anilines is 1. The highest BCUT2D eigenvalue weighted by atomic mass is 32.1. The molecule has 2 aromatic rings. The Bertz CT molecular complexity index is 855. The van der Waals surface area contributed by atoms with Crippen LogP contribution >= 0.6 is 11.3 Å². The number of imide groups is 1. The zero-order chi connectivity index (χ0) is 19.4. The van der Waals surface area contributed by atoms with Crippen LogP contribution in [0.1, 0.15) is 36.5 Å². The van der Waals surface area contributed by atoms with E-state index in [1.807, 2.05) is 0 Å². The van der Waals surface area contributed by atoms with Gasteiger partial charge in [0.05, 0.1) is 12.9 Å². The number of nitrogens with one attached hydrogen (secondary N) is 1. The van der Waals surface area contributed by atoms with Crippen LogP contribution in [-0.4, -0.2) is 41.7 Å². The van der Waals surface area contributed by atoms with E-state index in [2.05, 4.69) is 5.32 Å². The molecule has 0 unspecified atom stereocenters. The SMILES string of the molecule is CCOC(=O)c1c(-c2ccco2)csc1NC(=O)CCN1C(=O)CCC1=O. The number of rotatable bonds is 7. The van der Waals surface area contributed by atoms with E-state index >= 15 is 0 Å². The zero-order valence-corrected chi connectivity index (χ0v) is 15.5. The summed E-state index contributed by atoms with van der Waals surface area (Å²) in [5.74, 6) is -1.01. The number of nitrogens with zero attached hydrogens (tertiary/aromatic N) is 1. The van der Waals surface area contributed by atoms with Gasteiger partial charge < -0.3 is 14.5 Å². The molecule has 3 rings (SSSR count). The lowest BCUT2D eigenvalue weighted by Crippen LogP contribution is -2.32. The van der Waals surface area contributed by atoms with Crippen LogP contribution in [0.2, 0.25) is 0 Å². The maximum absolute atomic E-state index is 12.4. The van der Waals surface area contributed by atoms with E-state index in [4.69, 9.17) is 9.15 Å². The minimum atomic E-state index is -0.564. The number of likely N-dealkylation sites (tertiary alicyclic amines) is 1. The fraction of sp³-hybridized carbons (Fsp3) is 0.333. The Hall–Kier alpha value is -2.94. The van der Waals surface area contributed by atoms with Gasteiger partial charge in [-0.1, -0.05) is 0 Å². The minimum Gasteiger partial charge on any atom is -0.464 e. The lowest BCUT2D eigenvalue weighted by atomic mass is 10.1. The average Bonchev–Trinajstić information content (AvgIpc) is 3.35. The van der Waals surface area contributed by atoms with Crippen LogP contribution in [-0.2, 0) is 19.1 Å². The van der Waals surface area contributed by atoms with Crippen LogP contribution in [0.4, 0.5) is 5.00 Å². The van der Waals surface area contributed by atoms with Gasteiger partial charge in [0.2, 0.25) is 17.7 Å². The molecule has 1 aliphatic rings. The van der Waals surface area contributed by atoms with Crippen molar-refractivity contribution in [3.63, 3.8) is 0 Å². The van der Waals surface area contributed by atoms with Gasteiger partial charge in [0, 0.05) is 36.8 Å². The monoisotopic (exact) mass is 390 g/mol. The molecule has 1 fully saturated rings. The van der Waals surface area contributed by atoms with E-state index in [0.29, 0.717) is 16.3 Å². The summed E-state index contributed by atoms with van der Waals surface area (Å²) in [7, 11) is 0. The molecule has 2 aromatic heterocycles. The number of hydrogen-bond acceptors (Lipinski definition) is 7. The smallest absolute Gasteiger partial charge is 0.341 e. The van der Waals surface area contributed by atoms with Crippen molar-refractivity contribution in [2.75, 3.05) is 18.5 Å². The number of carbonyl (C=O) groups excluding carboxylic acids is 4. The van der Waals surface area contributed by atoms with Crippen LogP contribution in [0, 0.1) is 0 Å². The zero-order valence-electron chi connectivity index (χ0n) is 14.6. The molecule has 142 valence electrons. The lowest BCUT2D eigenvalue weighted by Gasteiger charge is -2.13. The van der Waals surface area contributed by atoms with Crippen molar-refractivity contribution >= 4 is 40.0 Å². The van der Waals surface area contributed by atoms with E-state index in [0.717, 1.165) is 4.90 Å². The number of thiophene rings is 1. The largest absolute Gasteiger partial charge is 0.464 e. The first-order chi connectivity index (χ1) is 13.0. The molecule has 0 aliphatic carbocycles. The van der Waals surface area contributed by atoms with Crippen molar-refractivity contribution in [2.45, 2.75) is 26.2 Å². The summed E-state index contributed by atoms with van der Waals surface area (Å²) in [6.45, 7) is 1.91. The molecule has 1 N–H and O–H groups in total. The number of carbonyl (C=O) groups is 4. The summed E-state index contributed by atoms with van der Waals surface area (Å²) in [6.07, 6.45) is 1.81. The first-order valence-electron chi connectivity index (χ1n) is 8.46. The van der Waals surface area contributed by atoms with Gasteiger partial charge in [-0.3, -0.25) is 19.3 Å². The molecule has 0 saturated carbocycles. The fourth-order valence-electron chi connectivity index (χ4n) is 2.74. The van der Waals surface area contributed by atoms with Crippen molar-refractivity contribution in [1.29, 1.82) is 0 Å². The summed E-state index contributed by atoms with van der Waals surface area (Å²) in [6, 6.07) is 3.41. The second-order valence-electron chi connectivity index (χ2n) is 5.79. The van der Waals surface area contributed by atoms with Crippen molar-refractivity contribution in [3.05, 3.63) is 29.3 Å². The van der Waals surface area contributed by atoms with Gasteiger partial charge in [0.1, 0.15) is 16.3 Å². The molecule has 3 amide bonds. The molecule has 8 nitrogen and oxygen atoms in total. The number of ether oxygens (including phenoxy) is 1. The summed E-state index contributed by atoms with van der Waals surface area (Å²) >= 11 is 1.18. The highest BCUT2D eigenvalue weighted by molar-refractivity contribution is 7.15. The Balaban J connectivity index is 1.74. The van der Waals surface area contributed by atoms with Gasteiger partial charge in [0.15, 0.2) is 0 Å². The number of esters is 1. The second-order valence-corrected chi connectivity index (χ2v) is 6.67. The lowest BCUT2D eigenvalue weighted by molar-refractivity contribution is -0.138. The van der Waals surface area contributed by atoms with Crippen molar-refractivity contribution in [3.8, 4) is 11.3 Å². The van der Waals surface area contributed by atoms with Gasteiger partial charge in [-0.2, -0.15) is 0 Å². The molecular weight excluding hydrogens is 372 g/mol. The molecule has 9 heteroatoms. The van der Waals surface area contributed by atoms with E-state index in [-0.39, 0.29) is 49.8 Å². The standard InChI is InChI=1S/C18H18N2O6S/c1-2-25-18(24)16-11(12-4-3-9-26-12)10-27-17(16)19-13(21)7-8-20-14(22)5-6-15(20)23/h3-4,9-10H,2,5-8H2,1H3,(H,19,21). The van der Waals surface area contributed by atoms with Gasteiger partial charge in [0.25, 0.3) is 0 Å².